The van der Waals surface area contributed by atoms with Crippen LogP contribution < -0.4 is 5.63 Å². The second-order valence-corrected chi connectivity index (χ2v) is 7.19. The summed E-state index contributed by atoms with van der Waals surface area (Å²) in [5, 5.41) is 12.1. The molecule has 0 fully saturated rings. The number of fused-ring (bicyclic) bond motifs is 2. The molecule has 0 saturated heterocycles. The Bertz CT molecular complexity index is 952. The number of rotatable bonds is 9. The Morgan fingerprint density at radius 3 is 2.74 bits per heavy atom. The number of unbranched alkanes of at least 4 members (excludes halogenated alkanes) is 1. The number of aliphatic hydroxyl groups excluding tert-OH is 1. The fraction of sp³-hybridized carbons (Fsp3) is 0.476. The van der Waals surface area contributed by atoms with Gasteiger partial charge in [0.1, 0.15) is 17.3 Å². The zero-order valence-corrected chi connectivity index (χ0v) is 16.0. The van der Waals surface area contributed by atoms with Crippen LogP contribution in [0.15, 0.2) is 44.2 Å². The summed E-state index contributed by atoms with van der Waals surface area (Å²) < 4.78 is 22.3. The van der Waals surface area contributed by atoms with E-state index in [1.807, 2.05) is 19.9 Å². The molecule has 0 radical (unpaired) electrons. The number of benzene rings is 1. The Kier molecular flexibility index (Phi) is 5.99. The van der Waals surface area contributed by atoms with Crippen LogP contribution >= 0.6 is 0 Å². The Morgan fingerprint density at radius 2 is 1.96 bits per heavy atom. The third-order valence-corrected chi connectivity index (χ3v) is 4.77. The number of ether oxygens (including phenoxy) is 2. The Balaban J connectivity index is 1.74. The number of furan rings is 1. The summed E-state index contributed by atoms with van der Waals surface area (Å²) in [6.07, 6.45) is 2.82. The molecule has 0 bridgehead atoms. The van der Waals surface area contributed by atoms with Crippen molar-refractivity contribution in [2.45, 2.75) is 51.9 Å². The van der Waals surface area contributed by atoms with Crippen molar-refractivity contribution >= 4 is 21.9 Å². The van der Waals surface area contributed by atoms with Gasteiger partial charge in [0.2, 0.25) is 0 Å². The van der Waals surface area contributed by atoms with Gasteiger partial charge in [0.25, 0.3) is 0 Å². The van der Waals surface area contributed by atoms with Crippen molar-refractivity contribution in [2.75, 3.05) is 13.2 Å². The van der Waals surface area contributed by atoms with Gasteiger partial charge in [-0.05, 0) is 38.0 Å². The van der Waals surface area contributed by atoms with Crippen LogP contribution in [-0.4, -0.2) is 30.0 Å². The van der Waals surface area contributed by atoms with E-state index in [2.05, 4.69) is 6.92 Å². The molecule has 3 aromatic rings. The predicted molar refractivity (Wildman–Crippen MR) is 103 cm³/mol. The Labute approximate surface area is 157 Å². The summed E-state index contributed by atoms with van der Waals surface area (Å²) in [7, 11) is 0. The van der Waals surface area contributed by atoms with Crippen molar-refractivity contribution in [2.24, 2.45) is 0 Å². The molecule has 0 saturated carbocycles. The zero-order valence-electron chi connectivity index (χ0n) is 16.0. The molecule has 1 atom stereocenters. The topological polar surface area (TPSA) is 82.0 Å². The first-order chi connectivity index (χ1) is 12.9. The van der Waals surface area contributed by atoms with Gasteiger partial charge in [0.15, 0.2) is 0 Å². The van der Waals surface area contributed by atoms with Gasteiger partial charge in [-0.25, -0.2) is 4.79 Å². The predicted octanol–water partition coefficient (Wildman–Crippen LogP) is 4.01. The Hall–Kier alpha value is -2.15. The highest BCUT2D eigenvalue weighted by atomic mass is 16.5. The second-order valence-electron chi connectivity index (χ2n) is 7.19. The normalized spacial score (nSPS) is 13.5. The molecule has 6 nitrogen and oxygen atoms in total. The number of aliphatic hydroxyl groups is 1. The highest BCUT2D eigenvalue weighted by Gasteiger charge is 2.28. The molecule has 3 rings (SSSR count). The Morgan fingerprint density at radius 1 is 1.19 bits per heavy atom. The summed E-state index contributed by atoms with van der Waals surface area (Å²) in [6, 6.07) is 6.67. The molecule has 0 aliphatic heterocycles. The molecule has 146 valence electrons. The van der Waals surface area contributed by atoms with Crippen molar-refractivity contribution in [1.29, 1.82) is 0 Å². The summed E-state index contributed by atoms with van der Waals surface area (Å²) in [6.45, 7) is 6.81. The van der Waals surface area contributed by atoms with Crippen LogP contribution in [0.25, 0.3) is 21.9 Å². The smallest absolute Gasteiger partial charge is 0.336 e. The number of hydrogen-bond donors (Lipinski definition) is 1. The summed E-state index contributed by atoms with van der Waals surface area (Å²) >= 11 is 0. The van der Waals surface area contributed by atoms with E-state index in [9.17, 15) is 9.90 Å². The van der Waals surface area contributed by atoms with Crippen LogP contribution in [0.2, 0.25) is 0 Å². The van der Waals surface area contributed by atoms with E-state index in [1.54, 1.807) is 18.4 Å². The van der Waals surface area contributed by atoms with E-state index in [1.165, 1.54) is 6.07 Å². The molecule has 0 aliphatic carbocycles. The minimum atomic E-state index is -0.762. The van der Waals surface area contributed by atoms with Gasteiger partial charge in [-0.2, -0.15) is 0 Å². The lowest BCUT2D eigenvalue weighted by atomic mass is 10.0. The van der Waals surface area contributed by atoms with Crippen LogP contribution in [0.1, 0.15) is 39.2 Å². The van der Waals surface area contributed by atoms with Gasteiger partial charge in [-0.1, -0.05) is 13.3 Å². The molecule has 1 N–H and O–H groups in total. The number of hydrogen-bond acceptors (Lipinski definition) is 6. The van der Waals surface area contributed by atoms with E-state index >= 15 is 0 Å². The van der Waals surface area contributed by atoms with Crippen LogP contribution in [0.3, 0.4) is 0 Å². The van der Waals surface area contributed by atoms with E-state index in [0.717, 1.165) is 29.2 Å². The summed E-state index contributed by atoms with van der Waals surface area (Å²) in [5.74, 6) is 0. The summed E-state index contributed by atoms with van der Waals surface area (Å²) in [5.41, 5.74) is 0.830. The van der Waals surface area contributed by atoms with Gasteiger partial charge in [0.05, 0.1) is 25.1 Å². The molecule has 2 aromatic heterocycles. The van der Waals surface area contributed by atoms with Crippen LogP contribution in [-0.2, 0) is 16.1 Å². The van der Waals surface area contributed by atoms with Gasteiger partial charge >= 0.3 is 5.63 Å². The molecule has 6 heteroatoms. The molecular weight excluding hydrogens is 348 g/mol. The monoisotopic (exact) mass is 374 g/mol. The van der Waals surface area contributed by atoms with Crippen LogP contribution in [0, 0.1) is 0 Å². The first-order valence-corrected chi connectivity index (χ1v) is 9.25. The molecule has 0 amide bonds. The van der Waals surface area contributed by atoms with Gasteiger partial charge in [-0.3, -0.25) is 0 Å². The first-order valence-electron chi connectivity index (χ1n) is 9.25. The SMILES string of the molecule is CCCCOC(C)(C)[C@@H](O)COCc1c2ccoc2cc2oc(=O)ccc12. The maximum atomic E-state index is 11.5. The van der Waals surface area contributed by atoms with Gasteiger partial charge in [-0.15, -0.1) is 0 Å². The van der Waals surface area contributed by atoms with Gasteiger partial charge < -0.3 is 23.4 Å². The fourth-order valence-electron chi connectivity index (χ4n) is 2.94. The highest BCUT2D eigenvalue weighted by Crippen LogP contribution is 2.29. The van der Waals surface area contributed by atoms with Crippen LogP contribution in [0.5, 0.6) is 0 Å². The maximum absolute atomic E-state index is 11.5. The molecule has 0 aliphatic rings. The molecular formula is C21H26O6. The zero-order chi connectivity index (χ0) is 19.4. The van der Waals surface area contributed by atoms with Crippen molar-refractivity contribution in [3.8, 4) is 0 Å². The van der Waals surface area contributed by atoms with E-state index in [4.69, 9.17) is 18.3 Å². The molecule has 2 heterocycles. The quantitative estimate of drug-likeness (QED) is 0.450. The molecule has 1 aromatic carbocycles. The van der Waals surface area contributed by atoms with Crippen molar-refractivity contribution < 1.29 is 23.4 Å². The summed E-state index contributed by atoms with van der Waals surface area (Å²) in [4.78, 5) is 11.5. The third-order valence-electron chi connectivity index (χ3n) is 4.77. The standard InChI is InChI=1S/C21H26O6/c1-4-5-9-26-21(2,3)19(22)13-24-12-16-14-6-7-20(23)27-18(14)11-17-15(16)8-10-25-17/h6-8,10-11,19,22H,4-5,9,12-13H2,1-3H3/t19-/m0/s1. The first kappa shape index (κ1) is 19.6. The lowest BCUT2D eigenvalue weighted by Crippen LogP contribution is -2.42. The minimum Gasteiger partial charge on any atom is -0.464 e. The van der Waals surface area contributed by atoms with Crippen molar-refractivity contribution in [3.63, 3.8) is 0 Å². The second kappa shape index (κ2) is 8.25. The fourth-order valence-corrected chi connectivity index (χ4v) is 2.94. The van der Waals surface area contributed by atoms with Crippen molar-refractivity contribution in [1.82, 2.24) is 0 Å². The largest absolute Gasteiger partial charge is 0.464 e. The maximum Gasteiger partial charge on any atom is 0.336 e. The lowest BCUT2D eigenvalue weighted by molar-refractivity contribution is -0.126. The average molecular weight is 374 g/mol. The highest BCUT2D eigenvalue weighted by molar-refractivity contribution is 5.97. The minimum absolute atomic E-state index is 0.131. The molecule has 0 unspecified atom stereocenters. The molecule has 27 heavy (non-hydrogen) atoms. The molecule has 0 spiro atoms. The van der Waals surface area contributed by atoms with E-state index in [0.29, 0.717) is 17.8 Å². The van der Waals surface area contributed by atoms with E-state index < -0.39 is 17.3 Å². The van der Waals surface area contributed by atoms with Gasteiger partial charge in [0, 0.05) is 29.5 Å². The third kappa shape index (κ3) is 4.40. The average Bonchev–Trinajstić information content (AvgIpc) is 3.09. The van der Waals surface area contributed by atoms with E-state index in [-0.39, 0.29) is 13.2 Å². The van der Waals surface area contributed by atoms with Crippen LogP contribution in [0.4, 0.5) is 0 Å². The lowest BCUT2D eigenvalue weighted by Gasteiger charge is -2.30. The van der Waals surface area contributed by atoms with Crippen molar-refractivity contribution in [3.05, 3.63) is 46.5 Å².